The summed E-state index contributed by atoms with van der Waals surface area (Å²) in [4.78, 5) is 0. The summed E-state index contributed by atoms with van der Waals surface area (Å²) in [5.41, 5.74) is 2.02. The highest BCUT2D eigenvalue weighted by atomic mass is 14.9. The molecule has 4 aliphatic carbocycles. The number of hydrogen-bond donors (Lipinski definition) is 1. The maximum Gasteiger partial charge on any atom is 0.0205 e. The van der Waals surface area contributed by atoms with Crippen LogP contribution in [0.4, 0.5) is 0 Å². The molecule has 8 atom stereocenters. The zero-order valence-corrected chi connectivity index (χ0v) is 22.9. The van der Waals surface area contributed by atoms with Crippen LogP contribution < -0.4 is 5.32 Å². The molecule has 5 rings (SSSR count). The lowest BCUT2D eigenvalue weighted by Crippen LogP contribution is -2.54. The van der Waals surface area contributed by atoms with Crippen LogP contribution in [0.1, 0.15) is 111 Å². The minimum Gasteiger partial charge on any atom is -0.312 e. The van der Waals surface area contributed by atoms with Gasteiger partial charge in [-0.2, -0.15) is 0 Å². The molecular formula is C32H55N. The first-order valence-corrected chi connectivity index (χ1v) is 14.9. The lowest BCUT2D eigenvalue weighted by atomic mass is 9.45. The second-order valence-electron chi connectivity index (χ2n) is 11.6. The summed E-state index contributed by atoms with van der Waals surface area (Å²) < 4.78 is 0. The first-order valence-electron chi connectivity index (χ1n) is 14.9. The van der Waals surface area contributed by atoms with Crippen LogP contribution in [0.25, 0.3) is 0 Å². The second-order valence-corrected chi connectivity index (χ2v) is 11.6. The Morgan fingerprint density at radius 2 is 1.55 bits per heavy atom. The molecule has 1 aromatic carbocycles. The molecule has 0 aromatic heterocycles. The van der Waals surface area contributed by atoms with Gasteiger partial charge in [-0.25, -0.2) is 0 Å². The lowest BCUT2D eigenvalue weighted by Gasteiger charge is -2.60. The summed E-state index contributed by atoms with van der Waals surface area (Å²) in [6, 6.07) is 11.0. The molecule has 0 spiro atoms. The minimum atomic E-state index is 0.595. The Balaban J connectivity index is 0.000000728. The third-order valence-electron chi connectivity index (χ3n) is 10.2. The van der Waals surface area contributed by atoms with Gasteiger partial charge in [0, 0.05) is 6.54 Å². The molecule has 0 heterocycles. The standard InChI is InChI=1S/C28H43N.2C2H6/c1-20-11-13-24-22(17-20)12-14-26-25(24)15-16-28(2)23(9-6-10-27(26)28)19-29-18-21-7-4-3-5-8-21;2*1-2/h3-5,7-8,20,22-27,29H,6,9-19H2,1-2H3;2*1-2H3. The van der Waals surface area contributed by atoms with E-state index in [2.05, 4.69) is 49.5 Å². The fourth-order valence-electron chi connectivity index (χ4n) is 8.72. The van der Waals surface area contributed by atoms with Crippen LogP contribution in [0.5, 0.6) is 0 Å². The maximum absolute atomic E-state index is 3.85. The van der Waals surface area contributed by atoms with Crippen molar-refractivity contribution < 1.29 is 0 Å². The van der Waals surface area contributed by atoms with E-state index in [1.165, 1.54) is 44.2 Å². The fourth-order valence-corrected chi connectivity index (χ4v) is 8.72. The van der Waals surface area contributed by atoms with Crippen LogP contribution in [-0.2, 0) is 6.54 Å². The first kappa shape index (κ1) is 26.8. The van der Waals surface area contributed by atoms with Crippen molar-refractivity contribution in [3.63, 3.8) is 0 Å². The fraction of sp³-hybridized carbons (Fsp3) is 0.812. The number of benzene rings is 1. The van der Waals surface area contributed by atoms with Crippen LogP contribution in [0.15, 0.2) is 30.3 Å². The molecule has 4 fully saturated rings. The monoisotopic (exact) mass is 453 g/mol. The molecule has 1 heteroatoms. The second kappa shape index (κ2) is 12.8. The third kappa shape index (κ3) is 5.88. The van der Waals surface area contributed by atoms with Crippen molar-refractivity contribution >= 4 is 0 Å². The van der Waals surface area contributed by atoms with E-state index < -0.39 is 0 Å². The molecule has 0 saturated heterocycles. The van der Waals surface area contributed by atoms with E-state index in [0.717, 1.165) is 48.0 Å². The predicted molar refractivity (Wildman–Crippen MR) is 145 cm³/mol. The van der Waals surface area contributed by atoms with Crippen LogP contribution in [-0.4, -0.2) is 6.54 Å². The zero-order valence-electron chi connectivity index (χ0n) is 22.9. The number of rotatable bonds is 4. The molecule has 188 valence electrons. The highest BCUT2D eigenvalue weighted by Gasteiger charge is 2.55. The van der Waals surface area contributed by atoms with Gasteiger partial charge in [0.2, 0.25) is 0 Å². The molecule has 8 unspecified atom stereocenters. The summed E-state index contributed by atoms with van der Waals surface area (Å²) in [7, 11) is 0. The number of nitrogens with one attached hydrogen (secondary N) is 1. The Bertz CT molecular complexity index is 668. The molecule has 4 aliphatic rings. The van der Waals surface area contributed by atoms with Gasteiger partial charge >= 0.3 is 0 Å². The summed E-state index contributed by atoms with van der Waals surface area (Å²) >= 11 is 0. The first-order chi connectivity index (χ1) is 16.1. The van der Waals surface area contributed by atoms with Crippen molar-refractivity contribution in [3.8, 4) is 0 Å². The molecule has 1 N–H and O–H groups in total. The molecular weight excluding hydrogens is 398 g/mol. The third-order valence-corrected chi connectivity index (χ3v) is 10.2. The predicted octanol–water partition coefficient (Wildman–Crippen LogP) is 9.12. The average molecular weight is 454 g/mol. The van der Waals surface area contributed by atoms with Gasteiger partial charge in [0.05, 0.1) is 0 Å². The highest BCUT2D eigenvalue weighted by Crippen LogP contribution is 2.62. The van der Waals surface area contributed by atoms with Gasteiger partial charge in [0.25, 0.3) is 0 Å². The van der Waals surface area contributed by atoms with Crippen molar-refractivity contribution in [2.45, 2.75) is 112 Å². The SMILES string of the molecule is CC.CC.CC1CCC2C(CCC3C2CCC2(C)C(CNCc4ccccc4)CCCC32)C1. The van der Waals surface area contributed by atoms with Crippen molar-refractivity contribution in [1.29, 1.82) is 0 Å². The Kier molecular flexibility index (Phi) is 10.4. The molecule has 0 amide bonds. The van der Waals surface area contributed by atoms with E-state index in [0.29, 0.717) is 5.41 Å². The Labute approximate surface area is 206 Å². The number of fused-ring (bicyclic) bond motifs is 5. The van der Waals surface area contributed by atoms with Gasteiger partial charge in [-0.15, -0.1) is 0 Å². The van der Waals surface area contributed by atoms with Gasteiger partial charge in [0.1, 0.15) is 0 Å². The van der Waals surface area contributed by atoms with Crippen molar-refractivity contribution in [1.82, 2.24) is 5.32 Å². The molecule has 0 bridgehead atoms. The molecule has 33 heavy (non-hydrogen) atoms. The average Bonchev–Trinajstić information content (AvgIpc) is 2.87. The highest BCUT2D eigenvalue weighted by molar-refractivity contribution is 5.14. The largest absolute Gasteiger partial charge is 0.312 e. The van der Waals surface area contributed by atoms with E-state index >= 15 is 0 Å². The van der Waals surface area contributed by atoms with Gasteiger partial charge < -0.3 is 5.32 Å². The van der Waals surface area contributed by atoms with Crippen LogP contribution in [0.3, 0.4) is 0 Å². The molecule has 4 saturated carbocycles. The molecule has 1 aromatic rings. The Morgan fingerprint density at radius 1 is 0.818 bits per heavy atom. The molecule has 1 nitrogen and oxygen atoms in total. The maximum atomic E-state index is 3.85. The Morgan fingerprint density at radius 3 is 2.30 bits per heavy atom. The number of hydrogen-bond acceptors (Lipinski definition) is 1. The Hall–Kier alpha value is -0.820. The van der Waals surface area contributed by atoms with E-state index in [1.54, 1.807) is 32.1 Å². The van der Waals surface area contributed by atoms with Crippen molar-refractivity contribution in [3.05, 3.63) is 35.9 Å². The summed E-state index contributed by atoms with van der Waals surface area (Å²) in [6.07, 6.45) is 15.2. The minimum absolute atomic E-state index is 0.595. The quantitative estimate of drug-likeness (QED) is 0.479. The smallest absolute Gasteiger partial charge is 0.0205 e. The van der Waals surface area contributed by atoms with Crippen molar-refractivity contribution in [2.75, 3.05) is 6.54 Å². The van der Waals surface area contributed by atoms with E-state index in [4.69, 9.17) is 0 Å². The molecule has 0 radical (unpaired) electrons. The zero-order chi connectivity index (χ0) is 23.8. The topological polar surface area (TPSA) is 12.0 Å². The van der Waals surface area contributed by atoms with E-state index in [-0.39, 0.29) is 0 Å². The molecule has 0 aliphatic heterocycles. The summed E-state index contributed by atoms with van der Waals surface area (Å²) in [5.74, 6) is 7.20. The van der Waals surface area contributed by atoms with E-state index in [9.17, 15) is 0 Å². The van der Waals surface area contributed by atoms with Crippen LogP contribution in [0.2, 0.25) is 0 Å². The van der Waals surface area contributed by atoms with Crippen molar-refractivity contribution in [2.24, 2.45) is 46.8 Å². The summed E-state index contributed by atoms with van der Waals surface area (Å²) in [5, 5.41) is 3.85. The summed E-state index contributed by atoms with van der Waals surface area (Å²) in [6.45, 7) is 15.5. The van der Waals surface area contributed by atoms with Gasteiger partial charge in [0.15, 0.2) is 0 Å². The normalized spacial score (nSPS) is 39.4. The van der Waals surface area contributed by atoms with Gasteiger partial charge in [-0.3, -0.25) is 0 Å². The van der Waals surface area contributed by atoms with Gasteiger partial charge in [-0.05, 0) is 110 Å². The van der Waals surface area contributed by atoms with Crippen LogP contribution >= 0.6 is 0 Å². The lowest BCUT2D eigenvalue weighted by molar-refractivity contribution is -0.109. The van der Waals surface area contributed by atoms with Crippen LogP contribution in [0, 0.1) is 46.8 Å². The van der Waals surface area contributed by atoms with E-state index in [1.807, 2.05) is 27.7 Å². The van der Waals surface area contributed by atoms with Gasteiger partial charge in [-0.1, -0.05) is 84.7 Å².